The molecule has 0 bridgehead atoms. The number of rotatable bonds is 3. The van der Waals surface area contributed by atoms with Crippen LogP contribution in [0.2, 0.25) is 0 Å². The van der Waals surface area contributed by atoms with Crippen LogP contribution in [0.3, 0.4) is 0 Å². The number of benzene rings is 1. The van der Waals surface area contributed by atoms with Crippen molar-refractivity contribution in [2.24, 2.45) is 0 Å². The van der Waals surface area contributed by atoms with Crippen LogP contribution in [0.5, 0.6) is 0 Å². The van der Waals surface area contributed by atoms with Gasteiger partial charge in [0.25, 0.3) is 5.91 Å². The minimum absolute atomic E-state index is 0.173. The van der Waals surface area contributed by atoms with Crippen LogP contribution < -0.4 is 5.32 Å². The molecule has 1 atom stereocenters. The third kappa shape index (κ3) is 2.64. The van der Waals surface area contributed by atoms with Gasteiger partial charge in [0, 0.05) is 16.1 Å². The van der Waals surface area contributed by atoms with E-state index < -0.39 is 0 Å². The molecule has 0 radical (unpaired) electrons. The molecule has 18 heavy (non-hydrogen) atoms. The number of para-hydroxylation sites is 1. The second-order valence-corrected chi connectivity index (χ2v) is 5.46. The topological polar surface area (TPSA) is 42.2 Å². The lowest BCUT2D eigenvalue weighted by atomic mass is 10.1. The number of aryl methyl sites for hydroxylation is 1. The monoisotopic (exact) mass is 307 g/mol. The fourth-order valence-electron chi connectivity index (χ4n) is 1.74. The zero-order chi connectivity index (χ0) is 13.1. The van der Waals surface area contributed by atoms with E-state index in [-0.39, 0.29) is 10.7 Å². The van der Waals surface area contributed by atoms with Crippen molar-refractivity contribution in [1.82, 2.24) is 0 Å². The molecular formula is C14H14BrNO2. The summed E-state index contributed by atoms with van der Waals surface area (Å²) in [7, 11) is 0. The van der Waals surface area contributed by atoms with Crippen molar-refractivity contribution in [3.05, 3.63) is 53.5 Å². The van der Waals surface area contributed by atoms with Crippen LogP contribution in [0, 0.1) is 6.92 Å². The summed E-state index contributed by atoms with van der Waals surface area (Å²) in [6.45, 7) is 3.86. The van der Waals surface area contributed by atoms with Crippen LogP contribution in [0.1, 0.15) is 33.4 Å². The van der Waals surface area contributed by atoms with Crippen molar-refractivity contribution in [3.63, 3.8) is 0 Å². The van der Waals surface area contributed by atoms with Crippen molar-refractivity contribution < 1.29 is 9.21 Å². The van der Waals surface area contributed by atoms with Gasteiger partial charge in [0.05, 0.1) is 6.26 Å². The molecule has 94 valence electrons. The first-order valence-electron chi connectivity index (χ1n) is 5.68. The number of hydrogen-bond acceptors (Lipinski definition) is 2. The van der Waals surface area contributed by atoms with Gasteiger partial charge in [-0.1, -0.05) is 34.1 Å². The molecule has 0 saturated carbocycles. The molecule has 4 heteroatoms. The van der Waals surface area contributed by atoms with Crippen molar-refractivity contribution >= 4 is 27.5 Å². The molecular weight excluding hydrogens is 294 g/mol. The smallest absolute Gasteiger partial charge is 0.291 e. The highest BCUT2D eigenvalue weighted by atomic mass is 79.9. The largest absolute Gasteiger partial charge is 0.459 e. The van der Waals surface area contributed by atoms with Crippen LogP contribution in [0.25, 0.3) is 0 Å². The summed E-state index contributed by atoms with van der Waals surface area (Å²) in [4.78, 5) is 12.2. The maximum absolute atomic E-state index is 12.1. The van der Waals surface area contributed by atoms with Gasteiger partial charge in [-0.15, -0.1) is 0 Å². The number of amides is 1. The fourth-order valence-corrected chi connectivity index (χ4v) is 2.14. The first kappa shape index (κ1) is 12.9. The standard InChI is InChI=1S/C14H14BrNO2/c1-9-7-8-18-13(9)14(17)16-12-6-4-3-5-11(12)10(2)15/h3-8,10H,1-2H3,(H,16,17). The normalized spacial score (nSPS) is 12.2. The van der Waals surface area contributed by atoms with E-state index in [2.05, 4.69) is 21.2 Å². The van der Waals surface area contributed by atoms with Gasteiger partial charge in [-0.3, -0.25) is 4.79 Å². The molecule has 0 fully saturated rings. The number of hydrogen-bond donors (Lipinski definition) is 1. The summed E-state index contributed by atoms with van der Waals surface area (Å²) in [6.07, 6.45) is 1.52. The minimum atomic E-state index is -0.224. The maximum atomic E-state index is 12.1. The molecule has 3 nitrogen and oxygen atoms in total. The van der Waals surface area contributed by atoms with Gasteiger partial charge < -0.3 is 9.73 Å². The molecule has 2 aromatic rings. The number of carbonyl (C=O) groups excluding carboxylic acids is 1. The maximum Gasteiger partial charge on any atom is 0.291 e. The lowest BCUT2D eigenvalue weighted by Gasteiger charge is -2.12. The number of halogens is 1. The summed E-state index contributed by atoms with van der Waals surface area (Å²) >= 11 is 3.51. The van der Waals surface area contributed by atoms with Gasteiger partial charge in [0.2, 0.25) is 0 Å². The van der Waals surface area contributed by atoms with E-state index in [1.807, 2.05) is 38.1 Å². The van der Waals surface area contributed by atoms with Crippen molar-refractivity contribution in [2.45, 2.75) is 18.7 Å². The predicted molar refractivity (Wildman–Crippen MR) is 75.2 cm³/mol. The molecule has 1 heterocycles. The Balaban J connectivity index is 2.25. The van der Waals surface area contributed by atoms with Crippen LogP contribution in [-0.2, 0) is 0 Å². The summed E-state index contributed by atoms with van der Waals surface area (Å²) in [6, 6.07) is 9.46. The van der Waals surface area contributed by atoms with E-state index in [4.69, 9.17) is 4.42 Å². The summed E-state index contributed by atoms with van der Waals surface area (Å²) in [5.74, 6) is 0.130. The van der Waals surface area contributed by atoms with Gasteiger partial charge in [0.1, 0.15) is 0 Å². The zero-order valence-electron chi connectivity index (χ0n) is 10.2. The molecule has 2 rings (SSSR count). The van der Waals surface area contributed by atoms with Crippen molar-refractivity contribution in [3.8, 4) is 0 Å². The Hall–Kier alpha value is -1.55. The van der Waals surface area contributed by atoms with E-state index in [0.29, 0.717) is 5.76 Å². The van der Waals surface area contributed by atoms with Crippen LogP contribution in [0.4, 0.5) is 5.69 Å². The van der Waals surface area contributed by atoms with E-state index in [9.17, 15) is 4.79 Å². The lowest BCUT2D eigenvalue weighted by molar-refractivity contribution is 0.0996. The zero-order valence-corrected chi connectivity index (χ0v) is 11.8. The van der Waals surface area contributed by atoms with Gasteiger partial charge in [-0.2, -0.15) is 0 Å². The molecule has 1 amide bonds. The van der Waals surface area contributed by atoms with Crippen molar-refractivity contribution in [1.29, 1.82) is 0 Å². The molecule has 1 N–H and O–H groups in total. The predicted octanol–water partition coefficient (Wildman–Crippen LogP) is 4.30. The van der Waals surface area contributed by atoms with Gasteiger partial charge >= 0.3 is 0 Å². The molecule has 0 aliphatic rings. The molecule has 0 spiro atoms. The fraction of sp³-hybridized carbons (Fsp3) is 0.214. The van der Waals surface area contributed by atoms with Gasteiger partial charge in [0.15, 0.2) is 5.76 Å². The third-order valence-corrected chi connectivity index (χ3v) is 3.20. The van der Waals surface area contributed by atoms with Gasteiger partial charge in [-0.05, 0) is 31.5 Å². The second kappa shape index (κ2) is 5.40. The molecule has 1 unspecified atom stereocenters. The Morgan fingerprint density at radius 1 is 1.33 bits per heavy atom. The number of carbonyl (C=O) groups is 1. The number of alkyl halides is 1. The number of furan rings is 1. The highest BCUT2D eigenvalue weighted by molar-refractivity contribution is 9.09. The van der Waals surface area contributed by atoms with E-state index >= 15 is 0 Å². The Kier molecular flexibility index (Phi) is 3.87. The molecule has 0 aliphatic carbocycles. The Morgan fingerprint density at radius 3 is 2.67 bits per heavy atom. The average molecular weight is 308 g/mol. The van der Waals surface area contributed by atoms with Gasteiger partial charge in [-0.25, -0.2) is 0 Å². The first-order chi connectivity index (χ1) is 8.59. The average Bonchev–Trinajstić information content (AvgIpc) is 2.76. The van der Waals surface area contributed by atoms with Crippen LogP contribution in [-0.4, -0.2) is 5.91 Å². The third-order valence-electron chi connectivity index (χ3n) is 2.71. The Morgan fingerprint density at radius 2 is 2.06 bits per heavy atom. The molecule has 0 aliphatic heterocycles. The second-order valence-electron chi connectivity index (χ2n) is 4.09. The summed E-state index contributed by atoms with van der Waals surface area (Å²) < 4.78 is 5.17. The van der Waals surface area contributed by atoms with E-state index in [0.717, 1.165) is 16.8 Å². The quantitative estimate of drug-likeness (QED) is 0.859. The lowest BCUT2D eigenvalue weighted by Crippen LogP contribution is -2.13. The number of nitrogens with one attached hydrogen (secondary N) is 1. The SMILES string of the molecule is Cc1ccoc1C(=O)Nc1ccccc1C(C)Br. The Labute approximate surface area is 114 Å². The van der Waals surface area contributed by atoms with Crippen LogP contribution >= 0.6 is 15.9 Å². The highest BCUT2D eigenvalue weighted by Crippen LogP contribution is 2.29. The number of anilines is 1. The van der Waals surface area contributed by atoms with E-state index in [1.165, 1.54) is 6.26 Å². The molecule has 0 saturated heterocycles. The summed E-state index contributed by atoms with van der Waals surface area (Å²) in [5.41, 5.74) is 2.66. The first-order valence-corrected chi connectivity index (χ1v) is 6.59. The Bertz CT molecular complexity index is 560. The minimum Gasteiger partial charge on any atom is -0.459 e. The molecule has 1 aromatic carbocycles. The van der Waals surface area contributed by atoms with Crippen LogP contribution in [0.15, 0.2) is 41.0 Å². The molecule has 1 aromatic heterocycles. The summed E-state index contributed by atoms with van der Waals surface area (Å²) in [5, 5.41) is 2.87. The van der Waals surface area contributed by atoms with E-state index in [1.54, 1.807) is 6.07 Å². The van der Waals surface area contributed by atoms with Crippen molar-refractivity contribution in [2.75, 3.05) is 5.32 Å². The highest BCUT2D eigenvalue weighted by Gasteiger charge is 2.15.